The molecule has 0 spiro atoms. The molecule has 1 fully saturated rings. The van der Waals surface area contributed by atoms with E-state index >= 15 is 0 Å². The Balaban J connectivity index is 1.74. The third kappa shape index (κ3) is 8.04. The Bertz CT molecular complexity index is 645. The molecular weight excluding hydrogens is 374 g/mol. The molecule has 0 aromatic carbocycles. The average Bonchev–Trinajstić information content (AvgIpc) is 3.04. The average molecular weight is 410 g/mol. The van der Waals surface area contributed by atoms with Crippen molar-refractivity contribution in [3.8, 4) is 0 Å². The first-order chi connectivity index (χ1) is 13.3. The van der Waals surface area contributed by atoms with Crippen LogP contribution in [0, 0.1) is 12.8 Å². The van der Waals surface area contributed by atoms with Gasteiger partial charge < -0.3 is 20.3 Å². The summed E-state index contributed by atoms with van der Waals surface area (Å²) >= 11 is 1.74. The number of amides is 1. The highest BCUT2D eigenvalue weighted by molar-refractivity contribution is 7.11. The normalized spacial score (nSPS) is 16.2. The van der Waals surface area contributed by atoms with Crippen LogP contribution in [0.1, 0.15) is 50.4 Å². The van der Waals surface area contributed by atoms with Gasteiger partial charge in [-0.1, -0.05) is 0 Å². The van der Waals surface area contributed by atoms with E-state index in [9.17, 15) is 4.79 Å². The van der Waals surface area contributed by atoms with Crippen LogP contribution in [-0.2, 0) is 11.2 Å². The molecule has 0 bridgehead atoms. The van der Waals surface area contributed by atoms with E-state index in [0.29, 0.717) is 5.92 Å². The van der Waals surface area contributed by atoms with Crippen LogP contribution < -0.4 is 10.6 Å². The molecule has 8 heteroatoms. The number of likely N-dealkylation sites (tertiary alicyclic amines) is 1. The maximum atomic E-state index is 12.2. The highest BCUT2D eigenvalue weighted by atomic mass is 32.1. The van der Waals surface area contributed by atoms with E-state index < -0.39 is 5.60 Å². The maximum Gasteiger partial charge on any atom is 0.410 e. The van der Waals surface area contributed by atoms with Crippen LogP contribution in [0.3, 0.4) is 0 Å². The highest BCUT2D eigenvalue weighted by Crippen LogP contribution is 2.20. The number of ether oxygens (including phenoxy) is 1. The summed E-state index contributed by atoms with van der Waals surface area (Å²) in [6.45, 7) is 13.7. The van der Waals surface area contributed by atoms with Crippen molar-refractivity contribution in [3.63, 3.8) is 0 Å². The summed E-state index contributed by atoms with van der Waals surface area (Å²) in [5.74, 6) is 1.35. The molecule has 2 N–H and O–H groups in total. The third-order valence-electron chi connectivity index (χ3n) is 4.42. The Morgan fingerprint density at radius 2 is 2.07 bits per heavy atom. The van der Waals surface area contributed by atoms with Gasteiger partial charge in [-0.25, -0.2) is 9.78 Å². The molecule has 2 rings (SSSR count). The van der Waals surface area contributed by atoms with E-state index in [1.807, 2.05) is 31.9 Å². The van der Waals surface area contributed by atoms with Gasteiger partial charge in [0.25, 0.3) is 0 Å². The minimum atomic E-state index is -0.443. The first kappa shape index (κ1) is 22.5. The molecule has 1 saturated heterocycles. The molecular formula is C20H35N5O2S. The second-order valence-electron chi connectivity index (χ2n) is 8.17. The maximum absolute atomic E-state index is 12.2. The molecule has 1 amide bonds. The first-order valence-electron chi connectivity index (χ1n) is 10.2. The summed E-state index contributed by atoms with van der Waals surface area (Å²) in [5.41, 5.74) is -0.443. The lowest BCUT2D eigenvalue weighted by Crippen LogP contribution is -2.42. The zero-order valence-corrected chi connectivity index (χ0v) is 18.7. The summed E-state index contributed by atoms with van der Waals surface area (Å²) in [4.78, 5) is 24.4. The SMILES string of the molecule is CCNC(=NCC1CCN(C(=O)OC(C)(C)C)CC1)NCCc1ncc(C)s1. The van der Waals surface area contributed by atoms with Crippen molar-refractivity contribution in [1.82, 2.24) is 20.5 Å². The van der Waals surface area contributed by atoms with Gasteiger partial charge in [0, 0.05) is 50.2 Å². The van der Waals surface area contributed by atoms with E-state index in [4.69, 9.17) is 9.73 Å². The number of aryl methyl sites for hydroxylation is 1. The molecule has 0 aliphatic carbocycles. The summed E-state index contributed by atoms with van der Waals surface area (Å²) < 4.78 is 5.46. The third-order valence-corrected chi connectivity index (χ3v) is 5.39. The predicted molar refractivity (Wildman–Crippen MR) is 115 cm³/mol. The number of aromatic nitrogens is 1. The van der Waals surface area contributed by atoms with Crippen molar-refractivity contribution < 1.29 is 9.53 Å². The number of thiazole rings is 1. The Labute approximate surface area is 173 Å². The number of rotatable bonds is 6. The number of nitrogens with zero attached hydrogens (tertiary/aromatic N) is 3. The van der Waals surface area contributed by atoms with E-state index in [1.54, 1.807) is 11.3 Å². The van der Waals surface area contributed by atoms with Gasteiger partial charge in [0.1, 0.15) is 5.60 Å². The lowest BCUT2D eigenvalue weighted by Gasteiger charge is -2.33. The minimum Gasteiger partial charge on any atom is -0.444 e. The Hall–Kier alpha value is -1.83. The zero-order chi connectivity index (χ0) is 20.6. The fourth-order valence-electron chi connectivity index (χ4n) is 2.99. The molecule has 1 aliphatic rings. The number of aliphatic imine (C=N–C) groups is 1. The molecule has 1 aliphatic heterocycles. The Morgan fingerprint density at radius 3 is 2.64 bits per heavy atom. The van der Waals surface area contributed by atoms with Gasteiger partial charge >= 0.3 is 6.09 Å². The van der Waals surface area contributed by atoms with Crippen LogP contribution in [0.15, 0.2) is 11.2 Å². The van der Waals surface area contributed by atoms with Crippen molar-refractivity contribution in [1.29, 1.82) is 0 Å². The summed E-state index contributed by atoms with van der Waals surface area (Å²) in [6, 6.07) is 0. The van der Waals surface area contributed by atoms with Crippen LogP contribution in [0.5, 0.6) is 0 Å². The molecule has 1 aromatic rings. The minimum absolute atomic E-state index is 0.207. The van der Waals surface area contributed by atoms with Gasteiger partial charge in [-0.15, -0.1) is 11.3 Å². The van der Waals surface area contributed by atoms with E-state index in [1.165, 1.54) is 4.88 Å². The smallest absolute Gasteiger partial charge is 0.410 e. The van der Waals surface area contributed by atoms with Crippen LogP contribution in [0.25, 0.3) is 0 Å². The zero-order valence-electron chi connectivity index (χ0n) is 17.9. The summed E-state index contributed by atoms with van der Waals surface area (Å²) in [7, 11) is 0. The van der Waals surface area contributed by atoms with E-state index in [2.05, 4.69) is 29.5 Å². The van der Waals surface area contributed by atoms with Crippen molar-refractivity contribution >= 4 is 23.4 Å². The number of piperidine rings is 1. The van der Waals surface area contributed by atoms with Gasteiger partial charge in [0.2, 0.25) is 0 Å². The topological polar surface area (TPSA) is 78.9 Å². The number of carbonyl (C=O) groups is 1. The fourth-order valence-corrected chi connectivity index (χ4v) is 3.78. The van der Waals surface area contributed by atoms with Crippen LogP contribution in [0.4, 0.5) is 4.79 Å². The molecule has 0 radical (unpaired) electrons. The van der Waals surface area contributed by atoms with Crippen molar-refractivity contribution in [2.24, 2.45) is 10.9 Å². The molecule has 0 unspecified atom stereocenters. The van der Waals surface area contributed by atoms with Gasteiger partial charge in [-0.3, -0.25) is 4.99 Å². The Kier molecular flexibility index (Phi) is 8.54. The van der Waals surface area contributed by atoms with Gasteiger partial charge in [-0.2, -0.15) is 0 Å². The fraction of sp³-hybridized carbons (Fsp3) is 0.750. The van der Waals surface area contributed by atoms with Crippen LogP contribution in [0.2, 0.25) is 0 Å². The first-order valence-corrected chi connectivity index (χ1v) is 11.0. The molecule has 28 heavy (non-hydrogen) atoms. The number of hydrogen-bond donors (Lipinski definition) is 2. The Morgan fingerprint density at radius 1 is 1.36 bits per heavy atom. The van der Waals surface area contributed by atoms with E-state index in [0.717, 1.165) is 63.0 Å². The van der Waals surface area contributed by atoms with Crippen LogP contribution >= 0.6 is 11.3 Å². The largest absolute Gasteiger partial charge is 0.444 e. The lowest BCUT2D eigenvalue weighted by molar-refractivity contribution is 0.0187. The second-order valence-corrected chi connectivity index (χ2v) is 9.49. The number of nitrogens with one attached hydrogen (secondary N) is 2. The number of guanidine groups is 1. The summed E-state index contributed by atoms with van der Waals surface area (Å²) in [6.07, 6.45) is 4.53. The number of carbonyl (C=O) groups excluding carboxylic acids is 1. The lowest BCUT2D eigenvalue weighted by atomic mass is 9.97. The summed E-state index contributed by atoms with van der Waals surface area (Å²) in [5, 5.41) is 7.84. The van der Waals surface area contributed by atoms with E-state index in [-0.39, 0.29) is 6.09 Å². The molecule has 0 saturated carbocycles. The monoisotopic (exact) mass is 409 g/mol. The number of hydrogen-bond acceptors (Lipinski definition) is 5. The second kappa shape index (κ2) is 10.6. The molecule has 7 nitrogen and oxygen atoms in total. The predicted octanol–water partition coefficient (Wildman–Crippen LogP) is 3.20. The molecule has 2 heterocycles. The van der Waals surface area contributed by atoms with Gasteiger partial charge in [-0.05, 0) is 53.4 Å². The quantitative estimate of drug-likeness (QED) is 0.557. The van der Waals surface area contributed by atoms with Crippen molar-refractivity contribution in [3.05, 3.63) is 16.1 Å². The molecule has 158 valence electrons. The van der Waals surface area contributed by atoms with Crippen molar-refractivity contribution in [2.45, 2.75) is 59.5 Å². The van der Waals surface area contributed by atoms with Gasteiger partial charge in [0.05, 0.1) is 5.01 Å². The highest BCUT2D eigenvalue weighted by Gasteiger charge is 2.26. The molecule has 0 atom stereocenters. The van der Waals surface area contributed by atoms with Gasteiger partial charge in [0.15, 0.2) is 5.96 Å². The standard InChI is InChI=1S/C20H35N5O2S/c1-6-21-18(22-10-7-17-23-13-15(2)28-17)24-14-16-8-11-25(12-9-16)19(26)27-20(3,4)5/h13,16H,6-12,14H2,1-5H3,(H2,21,22,24). The molecule has 1 aromatic heterocycles. The van der Waals surface area contributed by atoms with Crippen molar-refractivity contribution in [2.75, 3.05) is 32.7 Å². The van der Waals surface area contributed by atoms with Crippen LogP contribution in [-0.4, -0.2) is 60.3 Å².